The lowest BCUT2D eigenvalue weighted by Gasteiger charge is -2.59. The van der Waals surface area contributed by atoms with Crippen LogP contribution in [-0.2, 0) is 0 Å². The topological polar surface area (TPSA) is 63.9 Å². The molecule has 31 heavy (non-hydrogen) atoms. The van der Waals surface area contributed by atoms with Crippen molar-refractivity contribution in [3.63, 3.8) is 0 Å². The van der Waals surface area contributed by atoms with Crippen LogP contribution in [0.4, 0.5) is 0 Å². The molecule has 0 radical (unpaired) electrons. The van der Waals surface area contributed by atoms with Gasteiger partial charge in [0.25, 0.3) is 0 Å². The fourth-order valence-corrected chi connectivity index (χ4v) is 10.6. The Morgan fingerprint density at radius 2 is 1.58 bits per heavy atom. The van der Waals surface area contributed by atoms with Crippen molar-refractivity contribution in [1.82, 2.24) is 4.90 Å². The average Bonchev–Trinajstić information content (AvgIpc) is 3.03. The van der Waals surface area contributed by atoms with Gasteiger partial charge in [-0.3, -0.25) is 4.90 Å². The second-order valence-electron chi connectivity index (χ2n) is 13.3. The van der Waals surface area contributed by atoms with Crippen LogP contribution in [0, 0.1) is 52.8 Å². The zero-order valence-electron chi connectivity index (χ0n) is 19.9. The second-order valence-corrected chi connectivity index (χ2v) is 13.3. The maximum absolute atomic E-state index is 12.3. The van der Waals surface area contributed by atoms with E-state index in [-0.39, 0.29) is 29.5 Å². The zero-order valence-corrected chi connectivity index (χ0v) is 19.9. The second kappa shape index (κ2) is 7.17. The van der Waals surface area contributed by atoms with Crippen LogP contribution in [0.25, 0.3) is 0 Å². The van der Waals surface area contributed by atoms with Crippen molar-refractivity contribution in [2.45, 2.75) is 102 Å². The summed E-state index contributed by atoms with van der Waals surface area (Å²) in [5.41, 5.74) is -0.503. The van der Waals surface area contributed by atoms with E-state index in [4.69, 9.17) is 0 Å². The van der Waals surface area contributed by atoms with Crippen molar-refractivity contribution in [1.29, 1.82) is 0 Å². The Bertz CT molecular complexity index is 713. The minimum atomic E-state index is -0.579. The Morgan fingerprint density at radius 3 is 2.39 bits per heavy atom. The molecule has 2 saturated heterocycles. The predicted molar refractivity (Wildman–Crippen MR) is 121 cm³/mol. The lowest BCUT2D eigenvalue weighted by molar-refractivity contribution is -0.176. The maximum Gasteiger partial charge on any atom is 0.0711 e. The Morgan fingerprint density at radius 1 is 0.774 bits per heavy atom. The van der Waals surface area contributed by atoms with Gasteiger partial charge in [-0.1, -0.05) is 20.8 Å². The van der Waals surface area contributed by atoms with Crippen LogP contribution in [0.15, 0.2) is 0 Å². The summed E-state index contributed by atoms with van der Waals surface area (Å²) in [5, 5.41) is 33.8. The van der Waals surface area contributed by atoms with Gasteiger partial charge in [0, 0.05) is 19.1 Å². The van der Waals surface area contributed by atoms with Crippen molar-refractivity contribution >= 4 is 0 Å². The van der Waals surface area contributed by atoms with Gasteiger partial charge in [-0.2, -0.15) is 0 Å². The van der Waals surface area contributed by atoms with Gasteiger partial charge in [-0.15, -0.1) is 0 Å². The van der Waals surface area contributed by atoms with E-state index in [0.29, 0.717) is 17.8 Å². The number of rotatable bonds is 0. The number of hydrogen-bond acceptors (Lipinski definition) is 4. The summed E-state index contributed by atoms with van der Waals surface area (Å²) >= 11 is 0. The third kappa shape index (κ3) is 2.93. The van der Waals surface area contributed by atoms with E-state index in [9.17, 15) is 15.3 Å². The molecule has 6 fully saturated rings. The average molecular weight is 432 g/mol. The molecule has 0 aromatic rings. The molecule has 3 unspecified atom stereocenters. The van der Waals surface area contributed by atoms with Crippen molar-refractivity contribution in [2.24, 2.45) is 52.8 Å². The molecule has 4 saturated carbocycles. The third-order valence-electron chi connectivity index (χ3n) is 12.1. The number of piperidine rings is 2. The molecular weight excluding hydrogens is 386 g/mol. The van der Waals surface area contributed by atoms with Gasteiger partial charge < -0.3 is 15.3 Å². The highest BCUT2D eigenvalue weighted by Gasteiger charge is 2.67. The molecule has 6 rings (SSSR count). The first-order valence-electron chi connectivity index (χ1n) is 13.5. The van der Waals surface area contributed by atoms with Crippen LogP contribution in [0.2, 0.25) is 0 Å². The van der Waals surface area contributed by atoms with Gasteiger partial charge in [0.2, 0.25) is 0 Å². The van der Waals surface area contributed by atoms with Crippen molar-refractivity contribution in [3.8, 4) is 0 Å². The number of aliphatic hydroxyl groups is 3. The molecule has 0 aromatic carbocycles. The summed E-state index contributed by atoms with van der Waals surface area (Å²) in [7, 11) is 0. The summed E-state index contributed by atoms with van der Waals surface area (Å²) in [6.07, 6.45) is 8.78. The highest BCUT2D eigenvalue weighted by atomic mass is 16.3. The molecule has 2 aliphatic heterocycles. The number of aliphatic hydroxyl groups excluding tert-OH is 2. The first kappa shape index (κ1) is 21.4. The predicted octanol–water partition coefficient (Wildman–Crippen LogP) is 3.68. The van der Waals surface area contributed by atoms with Crippen LogP contribution in [0.1, 0.15) is 78.6 Å². The van der Waals surface area contributed by atoms with E-state index >= 15 is 0 Å². The lowest BCUT2D eigenvalue weighted by Crippen LogP contribution is -2.62. The minimum absolute atomic E-state index is 0.0760. The zero-order chi connectivity index (χ0) is 21.7. The van der Waals surface area contributed by atoms with Crippen LogP contribution < -0.4 is 0 Å². The van der Waals surface area contributed by atoms with E-state index in [1.54, 1.807) is 0 Å². The molecule has 0 bridgehead atoms. The standard InChI is InChI=1S/C27H45NO3/c1-15-4-5-24-16(2)18-7-9-27(31)20(19(18)14-28(24)13-15)11-21-22(27)12-25(30)23-10-17(29)6-8-26(21,23)3/h15-25,29-31H,4-14H2,1-3H3/t15-,16-,17+,18-,19?,20+,21+,22?,23-,24+,25-,26?,27+/m1/s1. The van der Waals surface area contributed by atoms with Crippen molar-refractivity contribution in [2.75, 3.05) is 13.1 Å². The first-order valence-corrected chi connectivity index (χ1v) is 13.5. The molecule has 4 aliphatic carbocycles. The smallest absolute Gasteiger partial charge is 0.0711 e. The Balaban J connectivity index is 1.32. The fourth-order valence-electron chi connectivity index (χ4n) is 10.6. The van der Waals surface area contributed by atoms with Crippen LogP contribution in [0.5, 0.6) is 0 Å². The summed E-state index contributed by atoms with van der Waals surface area (Å²) in [5.74, 6) is 4.30. The van der Waals surface area contributed by atoms with Gasteiger partial charge in [0.15, 0.2) is 0 Å². The summed E-state index contributed by atoms with van der Waals surface area (Å²) in [6, 6.07) is 0.760. The van der Waals surface area contributed by atoms with E-state index in [1.165, 1.54) is 32.4 Å². The first-order chi connectivity index (χ1) is 14.7. The van der Waals surface area contributed by atoms with Gasteiger partial charge in [0.1, 0.15) is 0 Å². The largest absolute Gasteiger partial charge is 0.393 e. The molecule has 3 N–H and O–H groups in total. The normalized spacial score (nSPS) is 61.5. The maximum atomic E-state index is 12.3. The molecule has 0 aromatic heterocycles. The molecule has 4 heteroatoms. The Kier molecular flexibility index (Phi) is 4.94. The minimum Gasteiger partial charge on any atom is -0.393 e. The molecule has 0 spiro atoms. The molecule has 4 nitrogen and oxygen atoms in total. The Hall–Kier alpha value is -0.160. The number of hydrogen-bond donors (Lipinski definition) is 3. The summed E-state index contributed by atoms with van der Waals surface area (Å²) in [6.45, 7) is 9.76. The van der Waals surface area contributed by atoms with E-state index in [0.717, 1.165) is 62.3 Å². The monoisotopic (exact) mass is 431 g/mol. The highest BCUT2D eigenvalue weighted by Crippen LogP contribution is 2.68. The van der Waals surface area contributed by atoms with Crippen LogP contribution in [0.3, 0.4) is 0 Å². The number of fused-ring (bicyclic) bond motifs is 8. The van der Waals surface area contributed by atoms with E-state index < -0.39 is 5.60 Å². The quantitative estimate of drug-likeness (QED) is 0.547. The molecule has 0 amide bonds. The molecule has 176 valence electrons. The van der Waals surface area contributed by atoms with Gasteiger partial charge >= 0.3 is 0 Å². The summed E-state index contributed by atoms with van der Waals surface area (Å²) in [4.78, 5) is 2.81. The van der Waals surface area contributed by atoms with Crippen molar-refractivity contribution < 1.29 is 15.3 Å². The van der Waals surface area contributed by atoms with Gasteiger partial charge in [0.05, 0.1) is 17.8 Å². The van der Waals surface area contributed by atoms with E-state index in [2.05, 4.69) is 25.7 Å². The highest BCUT2D eigenvalue weighted by molar-refractivity contribution is 5.17. The summed E-state index contributed by atoms with van der Waals surface area (Å²) < 4.78 is 0. The van der Waals surface area contributed by atoms with Crippen LogP contribution in [-0.4, -0.2) is 57.2 Å². The Labute approximate surface area is 188 Å². The third-order valence-corrected chi connectivity index (χ3v) is 12.1. The van der Waals surface area contributed by atoms with Gasteiger partial charge in [-0.25, -0.2) is 0 Å². The van der Waals surface area contributed by atoms with E-state index in [1.807, 2.05) is 0 Å². The number of nitrogens with zero attached hydrogens (tertiary/aromatic N) is 1. The van der Waals surface area contributed by atoms with Gasteiger partial charge in [-0.05, 0) is 111 Å². The molecule has 6 aliphatic rings. The SMILES string of the molecule is C[C@@H]1CC[C@H]2[C@H](C)[C@H]3CC[C@@]4(O)C5C[C@@H](O)[C@H]6C[C@@H](O)CCC6(C)[C@H]5C[C@H]4C3CN2C1. The van der Waals surface area contributed by atoms with Crippen LogP contribution >= 0.6 is 0 Å². The fraction of sp³-hybridized carbons (Fsp3) is 1.00. The lowest BCUT2D eigenvalue weighted by atomic mass is 9.50. The van der Waals surface area contributed by atoms with Crippen molar-refractivity contribution in [3.05, 3.63) is 0 Å². The molecular formula is C27H45NO3. The molecule has 13 atom stereocenters. The molecule has 2 heterocycles.